The van der Waals surface area contributed by atoms with Gasteiger partial charge in [-0.3, -0.25) is 0 Å². The van der Waals surface area contributed by atoms with Gasteiger partial charge >= 0.3 is 0 Å². The van der Waals surface area contributed by atoms with Crippen LogP contribution < -0.4 is 0 Å². The van der Waals surface area contributed by atoms with E-state index in [0.29, 0.717) is 0 Å². The normalized spacial score (nSPS) is 11.8. The van der Waals surface area contributed by atoms with Crippen molar-refractivity contribution in [3.63, 3.8) is 0 Å². The minimum Gasteiger partial charge on any atom is -0.206 e. The molecule has 0 heterocycles. The molecule has 0 aromatic heterocycles. The topological polar surface area (TPSA) is 0 Å². The zero-order valence-corrected chi connectivity index (χ0v) is 11.4. The zero-order valence-electron chi connectivity index (χ0n) is 11.4. The molecule has 3 aromatic rings. The van der Waals surface area contributed by atoms with E-state index in [1.807, 2.05) is 0 Å². The first-order chi connectivity index (χ1) is 11.1. The third-order valence-electron chi connectivity index (χ3n) is 3.71. The summed E-state index contributed by atoms with van der Waals surface area (Å²) in [7, 11) is 0. The second-order valence-electron chi connectivity index (χ2n) is 4.95. The predicted octanol–water partition coefficient (Wildman–Crippen LogP) is 5.55. The van der Waals surface area contributed by atoms with Crippen LogP contribution in [-0.4, -0.2) is 0 Å². The van der Waals surface area contributed by atoms with Gasteiger partial charge in [0.25, 0.3) is 0 Å². The highest BCUT2D eigenvalue weighted by molar-refractivity contribution is 6.10. The molecular formula is C15H3F9. The van der Waals surface area contributed by atoms with Crippen LogP contribution in [0.25, 0.3) is 21.5 Å². The Labute approximate surface area is 127 Å². The fourth-order valence-electron chi connectivity index (χ4n) is 2.59. The first-order valence-electron chi connectivity index (χ1n) is 6.20. The average molecular weight is 354 g/mol. The summed E-state index contributed by atoms with van der Waals surface area (Å²) >= 11 is 0. The summed E-state index contributed by atoms with van der Waals surface area (Å²) in [5.74, 6) is -20.0. The second kappa shape index (κ2) is 5.02. The first-order valence-corrected chi connectivity index (χ1v) is 6.20. The van der Waals surface area contributed by atoms with Gasteiger partial charge in [-0.05, 0) is 12.5 Å². The highest BCUT2D eigenvalue weighted by Gasteiger charge is 2.31. The van der Waals surface area contributed by atoms with Crippen molar-refractivity contribution < 1.29 is 39.5 Å². The maximum absolute atomic E-state index is 14.2. The molecule has 0 amide bonds. The Kier molecular flexibility index (Phi) is 3.43. The van der Waals surface area contributed by atoms with Crippen LogP contribution in [-0.2, 0) is 0 Å². The van der Waals surface area contributed by atoms with Gasteiger partial charge in [0.05, 0.1) is 5.39 Å². The van der Waals surface area contributed by atoms with Gasteiger partial charge in [-0.2, -0.15) is 0 Å². The van der Waals surface area contributed by atoms with Crippen molar-refractivity contribution in [1.29, 1.82) is 0 Å². The molecule has 9 heteroatoms. The molecule has 126 valence electrons. The third kappa shape index (κ3) is 1.78. The van der Waals surface area contributed by atoms with Crippen LogP contribution in [0.4, 0.5) is 39.5 Å². The van der Waals surface area contributed by atoms with E-state index in [0.717, 1.165) is 6.92 Å². The van der Waals surface area contributed by atoms with Gasteiger partial charge in [-0.25, -0.2) is 39.5 Å². The molecule has 0 aliphatic carbocycles. The van der Waals surface area contributed by atoms with E-state index in [-0.39, 0.29) is 0 Å². The molecule has 0 aliphatic rings. The fraction of sp³-hybridized carbons (Fsp3) is 0.0667. The Morgan fingerprint density at radius 1 is 0.333 bits per heavy atom. The molecule has 0 saturated heterocycles. The second-order valence-corrected chi connectivity index (χ2v) is 4.95. The summed E-state index contributed by atoms with van der Waals surface area (Å²) in [5.41, 5.74) is -0.933. The Morgan fingerprint density at radius 2 is 0.625 bits per heavy atom. The summed E-state index contributed by atoms with van der Waals surface area (Å²) in [5, 5.41) is -5.79. The first kappa shape index (κ1) is 16.4. The van der Waals surface area contributed by atoms with E-state index < -0.39 is 79.5 Å². The molecule has 3 rings (SSSR count). The Balaban J connectivity index is 2.87. The summed E-state index contributed by atoms with van der Waals surface area (Å²) in [6.45, 7) is 0.732. The molecule has 0 fully saturated rings. The zero-order chi connectivity index (χ0) is 18.1. The molecule has 0 aliphatic heterocycles. The largest absolute Gasteiger partial charge is 0.206 e. The van der Waals surface area contributed by atoms with E-state index in [9.17, 15) is 39.5 Å². The lowest BCUT2D eigenvalue weighted by atomic mass is 9.94. The van der Waals surface area contributed by atoms with Crippen molar-refractivity contribution >= 4 is 21.5 Å². The maximum atomic E-state index is 14.2. The van der Waals surface area contributed by atoms with Gasteiger partial charge < -0.3 is 0 Å². The average Bonchev–Trinajstić information content (AvgIpc) is 2.56. The van der Waals surface area contributed by atoms with Crippen LogP contribution in [0.5, 0.6) is 0 Å². The Hall–Kier alpha value is -2.45. The monoisotopic (exact) mass is 354 g/mol. The van der Waals surface area contributed by atoms with Crippen molar-refractivity contribution in [1.82, 2.24) is 0 Å². The van der Waals surface area contributed by atoms with Crippen LogP contribution in [0, 0.1) is 59.3 Å². The van der Waals surface area contributed by atoms with Gasteiger partial charge in [0, 0.05) is 16.2 Å². The molecule has 0 bridgehead atoms. The van der Waals surface area contributed by atoms with E-state index in [1.54, 1.807) is 0 Å². The van der Waals surface area contributed by atoms with Crippen LogP contribution in [0.2, 0.25) is 0 Å². The van der Waals surface area contributed by atoms with Gasteiger partial charge in [0.15, 0.2) is 46.5 Å². The van der Waals surface area contributed by atoms with Crippen molar-refractivity contribution in [2.24, 2.45) is 0 Å². The quantitative estimate of drug-likeness (QED) is 0.215. The number of benzene rings is 3. The maximum Gasteiger partial charge on any atom is 0.198 e. The van der Waals surface area contributed by atoms with E-state index in [2.05, 4.69) is 0 Å². The van der Waals surface area contributed by atoms with E-state index in [4.69, 9.17) is 0 Å². The number of hydrogen-bond donors (Lipinski definition) is 0. The van der Waals surface area contributed by atoms with Crippen molar-refractivity contribution in [3.8, 4) is 0 Å². The summed E-state index contributed by atoms with van der Waals surface area (Å²) in [6.07, 6.45) is 0. The molecule has 0 spiro atoms. The molecule has 0 atom stereocenters. The minimum atomic E-state index is -2.44. The number of hydrogen-bond acceptors (Lipinski definition) is 0. The third-order valence-corrected chi connectivity index (χ3v) is 3.71. The Bertz CT molecular complexity index is 969. The lowest BCUT2D eigenvalue weighted by molar-refractivity contribution is 0.413. The van der Waals surface area contributed by atoms with Crippen molar-refractivity contribution in [2.75, 3.05) is 0 Å². The number of fused-ring (bicyclic) bond motifs is 3. The van der Waals surface area contributed by atoms with Gasteiger partial charge in [-0.1, -0.05) is 0 Å². The highest BCUT2D eigenvalue weighted by Crippen LogP contribution is 2.40. The molecule has 0 saturated carbocycles. The molecular weight excluding hydrogens is 351 g/mol. The van der Waals surface area contributed by atoms with Gasteiger partial charge in [0.2, 0.25) is 0 Å². The SMILES string of the molecule is Cc1c(F)c2c(F)c(F)c(F)c(F)c2c2c(F)c(F)c(F)c(F)c12. The Morgan fingerprint density at radius 3 is 1.04 bits per heavy atom. The number of rotatable bonds is 0. The smallest absolute Gasteiger partial charge is 0.198 e. The van der Waals surface area contributed by atoms with Crippen LogP contribution in [0.3, 0.4) is 0 Å². The van der Waals surface area contributed by atoms with Crippen molar-refractivity contribution in [3.05, 3.63) is 57.9 Å². The molecule has 24 heavy (non-hydrogen) atoms. The molecule has 0 N–H and O–H groups in total. The standard InChI is InChI=1S/C15H3F9/c1-2-3-4(9(18)13(22)12(21)8(3)17)5-6(7(2)16)11(20)15(24)14(23)10(5)19/h1H3. The lowest BCUT2D eigenvalue weighted by Gasteiger charge is -2.14. The van der Waals surface area contributed by atoms with Crippen LogP contribution >= 0.6 is 0 Å². The summed E-state index contributed by atoms with van der Waals surface area (Å²) in [4.78, 5) is 0. The van der Waals surface area contributed by atoms with Gasteiger partial charge in [-0.15, -0.1) is 0 Å². The van der Waals surface area contributed by atoms with Gasteiger partial charge in [0.1, 0.15) is 5.82 Å². The summed E-state index contributed by atoms with van der Waals surface area (Å²) < 4.78 is 123. The van der Waals surface area contributed by atoms with Crippen LogP contribution in [0.15, 0.2) is 0 Å². The fourth-order valence-corrected chi connectivity index (χ4v) is 2.59. The molecule has 0 radical (unpaired) electrons. The number of aryl methyl sites for hydroxylation is 1. The van der Waals surface area contributed by atoms with E-state index in [1.165, 1.54) is 0 Å². The lowest BCUT2D eigenvalue weighted by Crippen LogP contribution is -2.06. The minimum absolute atomic E-state index is 0.732. The molecule has 0 unspecified atom stereocenters. The molecule has 3 aromatic carbocycles. The van der Waals surface area contributed by atoms with Crippen LogP contribution in [0.1, 0.15) is 5.56 Å². The van der Waals surface area contributed by atoms with E-state index >= 15 is 0 Å². The highest BCUT2D eigenvalue weighted by atomic mass is 19.2. The molecule has 0 nitrogen and oxygen atoms in total. The number of halogens is 9. The summed E-state index contributed by atoms with van der Waals surface area (Å²) in [6, 6.07) is 0. The predicted molar refractivity (Wildman–Crippen MR) is 65.8 cm³/mol. The van der Waals surface area contributed by atoms with Crippen molar-refractivity contribution in [2.45, 2.75) is 6.92 Å².